The number of benzene rings is 2. The lowest BCUT2D eigenvalue weighted by Gasteiger charge is -2.23. The van der Waals surface area contributed by atoms with E-state index in [1.165, 1.54) is 24.3 Å². The molecule has 1 amide bonds. The minimum absolute atomic E-state index is 0.0668. The molecule has 1 fully saturated rings. The maximum absolute atomic E-state index is 13.0. The van der Waals surface area contributed by atoms with Crippen molar-refractivity contribution < 1.29 is 28.6 Å². The maximum atomic E-state index is 13.0. The number of carbonyl (C=O) groups is 2. The van der Waals surface area contributed by atoms with Gasteiger partial charge in [0.1, 0.15) is 29.1 Å². The first-order valence-corrected chi connectivity index (χ1v) is 10.1. The zero-order valence-corrected chi connectivity index (χ0v) is 18.1. The SMILES string of the molecule is COc1ccc(CN2C(=O)C(=O)/C(=C(\O)c3ccc(Cl)c(OC)c3)C2c2ccco2)cc1. The zero-order chi connectivity index (χ0) is 22.8. The van der Waals surface area contributed by atoms with Gasteiger partial charge in [-0.25, -0.2) is 0 Å². The molecule has 32 heavy (non-hydrogen) atoms. The van der Waals surface area contributed by atoms with E-state index in [4.69, 9.17) is 25.5 Å². The van der Waals surface area contributed by atoms with Crippen molar-refractivity contribution in [2.75, 3.05) is 14.2 Å². The van der Waals surface area contributed by atoms with Crippen LogP contribution in [0.15, 0.2) is 70.9 Å². The molecule has 0 spiro atoms. The molecule has 0 aliphatic carbocycles. The van der Waals surface area contributed by atoms with Crippen molar-refractivity contribution in [3.63, 3.8) is 0 Å². The predicted molar refractivity (Wildman–Crippen MR) is 118 cm³/mol. The van der Waals surface area contributed by atoms with Crippen LogP contribution in [0.25, 0.3) is 5.76 Å². The Morgan fingerprint density at radius 3 is 2.47 bits per heavy atom. The average Bonchev–Trinajstić information content (AvgIpc) is 3.42. The molecule has 0 saturated carbocycles. The van der Waals surface area contributed by atoms with Gasteiger partial charge in [-0.2, -0.15) is 0 Å². The van der Waals surface area contributed by atoms with Crippen molar-refractivity contribution in [1.29, 1.82) is 0 Å². The number of furan rings is 1. The fourth-order valence-corrected chi connectivity index (χ4v) is 3.87. The third-order valence-corrected chi connectivity index (χ3v) is 5.60. The highest BCUT2D eigenvalue weighted by atomic mass is 35.5. The number of carbonyl (C=O) groups excluding carboxylic acids is 2. The Balaban J connectivity index is 1.80. The molecular weight excluding hydrogens is 434 g/mol. The Morgan fingerprint density at radius 1 is 1.09 bits per heavy atom. The van der Waals surface area contributed by atoms with Gasteiger partial charge in [-0.3, -0.25) is 9.59 Å². The molecule has 4 rings (SSSR count). The maximum Gasteiger partial charge on any atom is 0.296 e. The molecule has 164 valence electrons. The van der Waals surface area contributed by atoms with E-state index in [-0.39, 0.29) is 17.9 Å². The van der Waals surface area contributed by atoms with Crippen molar-refractivity contribution in [3.8, 4) is 11.5 Å². The Labute approximate surface area is 189 Å². The second-order valence-electron chi connectivity index (χ2n) is 7.14. The lowest BCUT2D eigenvalue weighted by Crippen LogP contribution is -2.29. The molecule has 0 radical (unpaired) electrons. The van der Waals surface area contributed by atoms with Crippen LogP contribution in [0, 0.1) is 0 Å². The summed E-state index contributed by atoms with van der Waals surface area (Å²) in [6.45, 7) is 0.140. The molecule has 1 aromatic heterocycles. The average molecular weight is 454 g/mol. The Bertz CT molecular complexity index is 1180. The van der Waals surface area contributed by atoms with E-state index in [9.17, 15) is 14.7 Å². The van der Waals surface area contributed by atoms with Crippen LogP contribution in [0.3, 0.4) is 0 Å². The highest BCUT2D eigenvalue weighted by Crippen LogP contribution is 2.41. The van der Waals surface area contributed by atoms with Crippen molar-refractivity contribution in [3.05, 3.63) is 88.3 Å². The number of nitrogens with zero attached hydrogens (tertiary/aromatic N) is 1. The molecule has 7 nitrogen and oxygen atoms in total. The van der Waals surface area contributed by atoms with Crippen molar-refractivity contribution >= 4 is 29.1 Å². The summed E-state index contributed by atoms with van der Waals surface area (Å²) in [5.74, 6) is -0.499. The first kappa shape index (κ1) is 21.5. The highest BCUT2D eigenvalue weighted by molar-refractivity contribution is 6.46. The third-order valence-electron chi connectivity index (χ3n) is 5.29. The molecule has 8 heteroatoms. The molecule has 1 atom stereocenters. The molecule has 0 bridgehead atoms. The molecule has 1 aliphatic rings. The third kappa shape index (κ3) is 3.83. The summed E-state index contributed by atoms with van der Waals surface area (Å²) in [6, 6.07) is 14.2. The van der Waals surface area contributed by atoms with Crippen molar-refractivity contribution in [2.24, 2.45) is 0 Å². The quantitative estimate of drug-likeness (QED) is 0.334. The number of aliphatic hydroxyl groups is 1. The van der Waals surface area contributed by atoms with Gasteiger partial charge in [0.15, 0.2) is 0 Å². The Morgan fingerprint density at radius 2 is 1.84 bits per heavy atom. The van der Waals surface area contributed by atoms with Gasteiger partial charge < -0.3 is 23.9 Å². The number of ether oxygens (including phenoxy) is 2. The first-order chi connectivity index (χ1) is 15.4. The van der Waals surface area contributed by atoms with Crippen LogP contribution in [-0.2, 0) is 16.1 Å². The zero-order valence-electron chi connectivity index (χ0n) is 17.4. The summed E-state index contributed by atoms with van der Waals surface area (Å²) in [6.07, 6.45) is 1.45. The van der Waals surface area contributed by atoms with Gasteiger partial charge in [0.2, 0.25) is 0 Å². The molecule has 1 saturated heterocycles. The number of hydrogen-bond acceptors (Lipinski definition) is 6. The minimum Gasteiger partial charge on any atom is -0.507 e. The number of ketones is 1. The van der Waals surface area contributed by atoms with Crippen LogP contribution in [0.5, 0.6) is 11.5 Å². The smallest absolute Gasteiger partial charge is 0.296 e. The summed E-state index contributed by atoms with van der Waals surface area (Å²) >= 11 is 6.08. The van der Waals surface area contributed by atoms with Crippen LogP contribution in [-0.4, -0.2) is 35.9 Å². The van der Waals surface area contributed by atoms with Gasteiger partial charge in [-0.05, 0) is 48.0 Å². The van der Waals surface area contributed by atoms with E-state index in [1.807, 2.05) is 0 Å². The van der Waals surface area contributed by atoms with Crippen molar-refractivity contribution in [1.82, 2.24) is 4.90 Å². The fraction of sp³-hybridized carbons (Fsp3) is 0.167. The summed E-state index contributed by atoms with van der Waals surface area (Å²) in [5, 5.41) is 11.4. The fourth-order valence-electron chi connectivity index (χ4n) is 3.68. The number of amides is 1. The molecule has 1 N–H and O–H groups in total. The summed E-state index contributed by atoms with van der Waals surface area (Å²) in [7, 11) is 3.01. The number of hydrogen-bond donors (Lipinski definition) is 1. The minimum atomic E-state index is -0.895. The summed E-state index contributed by atoms with van der Waals surface area (Å²) < 4.78 is 15.9. The number of aliphatic hydroxyl groups excluding tert-OH is 1. The summed E-state index contributed by atoms with van der Waals surface area (Å²) in [5.41, 5.74) is 1.02. The predicted octanol–water partition coefficient (Wildman–Crippen LogP) is 4.57. The van der Waals surface area contributed by atoms with Crippen LogP contribution >= 0.6 is 11.6 Å². The Hall–Kier alpha value is -3.71. The van der Waals surface area contributed by atoms with Crippen LogP contribution in [0.2, 0.25) is 5.02 Å². The lowest BCUT2D eigenvalue weighted by atomic mass is 9.99. The molecule has 1 aliphatic heterocycles. The van der Waals surface area contributed by atoms with E-state index in [0.717, 1.165) is 5.56 Å². The lowest BCUT2D eigenvalue weighted by molar-refractivity contribution is -0.140. The van der Waals surface area contributed by atoms with E-state index < -0.39 is 17.7 Å². The van der Waals surface area contributed by atoms with Crippen LogP contribution < -0.4 is 9.47 Å². The van der Waals surface area contributed by atoms with E-state index in [1.54, 1.807) is 55.6 Å². The number of rotatable bonds is 6. The Kier molecular flexibility index (Phi) is 5.92. The van der Waals surface area contributed by atoms with Gasteiger partial charge in [-0.15, -0.1) is 0 Å². The standard InChI is InChI=1S/C24H20ClNO6/c1-30-16-8-5-14(6-9-16)13-26-21(18-4-3-11-32-18)20(23(28)24(26)29)22(27)15-7-10-17(25)19(12-15)31-2/h3-12,21,27H,13H2,1-2H3/b22-20-. The van der Waals surface area contributed by atoms with Gasteiger partial charge in [0.25, 0.3) is 11.7 Å². The normalized spacial score (nSPS) is 17.6. The molecule has 2 aromatic carbocycles. The van der Waals surface area contributed by atoms with Crippen molar-refractivity contribution in [2.45, 2.75) is 12.6 Å². The van der Waals surface area contributed by atoms with E-state index >= 15 is 0 Å². The first-order valence-electron chi connectivity index (χ1n) is 9.73. The second kappa shape index (κ2) is 8.80. The van der Waals surface area contributed by atoms with Crippen LogP contribution in [0.1, 0.15) is 22.9 Å². The van der Waals surface area contributed by atoms with Gasteiger partial charge >= 0.3 is 0 Å². The number of likely N-dealkylation sites (tertiary alicyclic amines) is 1. The van der Waals surface area contributed by atoms with Gasteiger partial charge in [0.05, 0.1) is 31.1 Å². The molecule has 3 aromatic rings. The topological polar surface area (TPSA) is 89.2 Å². The molecule has 2 heterocycles. The van der Waals surface area contributed by atoms with Gasteiger partial charge in [-0.1, -0.05) is 23.7 Å². The van der Waals surface area contributed by atoms with E-state index in [0.29, 0.717) is 27.8 Å². The second-order valence-corrected chi connectivity index (χ2v) is 7.55. The largest absolute Gasteiger partial charge is 0.507 e. The van der Waals surface area contributed by atoms with Crippen LogP contribution in [0.4, 0.5) is 0 Å². The summed E-state index contributed by atoms with van der Waals surface area (Å²) in [4.78, 5) is 27.4. The monoisotopic (exact) mass is 453 g/mol. The van der Waals surface area contributed by atoms with E-state index in [2.05, 4.69) is 0 Å². The highest BCUT2D eigenvalue weighted by Gasteiger charge is 2.47. The molecular formula is C24H20ClNO6. The number of Topliss-reactive ketones (excluding diaryl/α,β-unsaturated/α-hetero) is 1. The molecule has 1 unspecified atom stereocenters. The van der Waals surface area contributed by atoms with Gasteiger partial charge in [0, 0.05) is 12.1 Å². The number of halogens is 1. The number of methoxy groups -OCH3 is 2.